The fraction of sp³-hybridized carbons (Fsp3) is 0.889. The predicted molar refractivity (Wildman–Crippen MR) is 92.8 cm³/mol. The predicted octanol–water partition coefficient (Wildman–Crippen LogP) is 2.00. The second-order valence-corrected chi connectivity index (χ2v) is 7.88. The molecule has 1 N–H and O–H groups in total. The molecule has 6 nitrogen and oxygen atoms in total. The lowest BCUT2D eigenvalue weighted by molar-refractivity contribution is 0.0451. The Kier molecular flexibility index (Phi) is 5.15. The number of H-pyrrole nitrogens is 1. The van der Waals surface area contributed by atoms with Gasteiger partial charge in [0, 0.05) is 45.9 Å². The van der Waals surface area contributed by atoms with E-state index in [2.05, 4.69) is 25.0 Å². The quantitative estimate of drug-likeness (QED) is 0.893. The molecule has 2 aliphatic heterocycles. The minimum absolute atomic E-state index is 0.363. The zero-order chi connectivity index (χ0) is 16.4. The van der Waals surface area contributed by atoms with Gasteiger partial charge in [-0.2, -0.15) is 5.10 Å². The molecular weight excluding hydrogens is 302 g/mol. The van der Waals surface area contributed by atoms with Crippen molar-refractivity contribution >= 4 is 0 Å². The molecule has 0 amide bonds. The molecule has 1 unspecified atom stereocenters. The summed E-state index contributed by atoms with van der Waals surface area (Å²) in [6.07, 6.45) is 6.41. The van der Waals surface area contributed by atoms with Crippen molar-refractivity contribution in [1.82, 2.24) is 25.0 Å². The average Bonchev–Trinajstić information content (AvgIpc) is 3.35. The maximum atomic E-state index is 5.54. The van der Waals surface area contributed by atoms with Crippen LogP contribution in [0.1, 0.15) is 49.8 Å². The SMILES string of the molecule is Cc1nc(C2CCN(CC3CC3)CCN2CC2CCOCC2)n[nH]1. The molecule has 0 spiro atoms. The number of hydrogen-bond acceptors (Lipinski definition) is 5. The van der Waals surface area contributed by atoms with Gasteiger partial charge in [0.25, 0.3) is 0 Å². The second kappa shape index (κ2) is 7.50. The van der Waals surface area contributed by atoms with Crippen molar-refractivity contribution in [3.8, 4) is 0 Å². The van der Waals surface area contributed by atoms with Gasteiger partial charge < -0.3 is 9.64 Å². The van der Waals surface area contributed by atoms with Crippen LogP contribution in [-0.2, 0) is 4.74 Å². The van der Waals surface area contributed by atoms with Crippen LogP contribution in [-0.4, -0.2) is 70.9 Å². The van der Waals surface area contributed by atoms with E-state index in [1.54, 1.807) is 0 Å². The van der Waals surface area contributed by atoms with Crippen LogP contribution in [0.3, 0.4) is 0 Å². The normalized spacial score (nSPS) is 28.1. The van der Waals surface area contributed by atoms with E-state index in [-0.39, 0.29) is 0 Å². The Morgan fingerprint density at radius 2 is 1.79 bits per heavy atom. The minimum atomic E-state index is 0.363. The first-order valence-electron chi connectivity index (χ1n) is 9.71. The highest BCUT2D eigenvalue weighted by atomic mass is 16.5. The van der Waals surface area contributed by atoms with E-state index in [4.69, 9.17) is 4.74 Å². The largest absolute Gasteiger partial charge is 0.381 e. The Morgan fingerprint density at radius 1 is 1.00 bits per heavy atom. The number of hydrogen-bond donors (Lipinski definition) is 1. The van der Waals surface area contributed by atoms with Crippen LogP contribution >= 0.6 is 0 Å². The van der Waals surface area contributed by atoms with Crippen molar-refractivity contribution in [2.75, 3.05) is 45.9 Å². The van der Waals surface area contributed by atoms with Crippen LogP contribution in [0.2, 0.25) is 0 Å². The molecule has 3 heterocycles. The maximum Gasteiger partial charge on any atom is 0.167 e. The van der Waals surface area contributed by atoms with Crippen molar-refractivity contribution in [3.05, 3.63) is 11.6 Å². The van der Waals surface area contributed by atoms with Crippen molar-refractivity contribution in [1.29, 1.82) is 0 Å². The molecule has 0 bridgehead atoms. The van der Waals surface area contributed by atoms with E-state index in [1.165, 1.54) is 51.9 Å². The van der Waals surface area contributed by atoms with Crippen molar-refractivity contribution in [2.45, 2.75) is 45.1 Å². The Bertz CT molecular complexity index is 523. The zero-order valence-electron chi connectivity index (χ0n) is 14.9. The number of aromatic nitrogens is 3. The van der Waals surface area contributed by atoms with Crippen LogP contribution in [0, 0.1) is 18.8 Å². The lowest BCUT2D eigenvalue weighted by Gasteiger charge is -2.33. The van der Waals surface area contributed by atoms with Crippen molar-refractivity contribution in [3.63, 3.8) is 0 Å². The second-order valence-electron chi connectivity index (χ2n) is 7.88. The summed E-state index contributed by atoms with van der Waals surface area (Å²) in [6.45, 7) is 9.83. The molecule has 0 aromatic carbocycles. The number of nitrogens with zero attached hydrogens (tertiary/aromatic N) is 4. The van der Waals surface area contributed by atoms with Crippen molar-refractivity contribution in [2.24, 2.45) is 11.8 Å². The topological polar surface area (TPSA) is 57.3 Å². The summed E-state index contributed by atoms with van der Waals surface area (Å²) in [5, 5.41) is 7.54. The average molecular weight is 333 g/mol. The van der Waals surface area contributed by atoms with Crippen LogP contribution in [0.5, 0.6) is 0 Å². The monoisotopic (exact) mass is 333 g/mol. The van der Waals surface area contributed by atoms with E-state index >= 15 is 0 Å². The molecule has 134 valence electrons. The summed E-state index contributed by atoms with van der Waals surface area (Å²) in [5.74, 6) is 3.65. The fourth-order valence-electron chi connectivity index (χ4n) is 4.15. The summed E-state index contributed by atoms with van der Waals surface area (Å²) < 4.78 is 5.54. The lowest BCUT2D eigenvalue weighted by Crippen LogP contribution is -2.38. The Balaban J connectivity index is 1.45. The van der Waals surface area contributed by atoms with Gasteiger partial charge in [-0.1, -0.05) is 0 Å². The molecule has 2 saturated heterocycles. The molecule has 1 aliphatic carbocycles. The number of aryl methyl sites for hydroxylation is 1. The number of rotatable bonds is 5. The molecule has 3 fully saturated rings. The standard InChI is InChI=1S/C18H31N5O/c1-14-19-18(21-20-14)17-4-7-22(12-15-2-3-15)8-9-23(17)13-16-5-10-24-11-6-16/h15-17H,2-13H2,1H3,(H,19,20,21). The Morgan fingerprint density at radius 3 is 2.50 bits per heavy atom. The maximum absolute atomic E-state index is 5.54. The molecule has 1 saturated carbocycles. The van der Waals surface area contributed by atoms with E-state index in [0.717, 1.165) is 49.7 Å². The Labute approximate surface area is 145 Å². The third-order valence-electron chi connectivity index (χ3n) is 5.82. The minimum Gasteiger partial charge on any atom is -0.381 e. The molecule has 1 aromatic heterocycles. The van der Waals surface area contributed by atoms with Crippen LogP contribution < -0.4 is 0 Å². The molecule has 1 aromatic rings. The van der Waals surface area contributed by atoms with Gasteiger partial charge in [-0.25, -0.2) is 4.98 Å². The van der Waals surface area contributed by atoms with Gasteiger partial charge in [0.2, 0.25) is 0 Å². The molecule has 1 atom stereocenters. The molecule has 24 heavy (non-hydrogen) atoms. The lowest BCUT2D eigenvalue weighted by atomic mass is 9.98. The first-order valence-corrected chi connectivity index (χ1v) is 9.71. The smallest absolute Gasteiger partial charge is 0.167 e. The first kappa shape index (κ1) is 16.5. The van der Waals surface area contributed by atoms with Gasteiger partial charge in [0.1, 0.15) is 5.82 Å². The summed E-state index contributed by atoms with van der Waals surface area (Å²) in [6, 6.07) is 0.363. The number of ether oxygens (including phenoxy) is 1. The van der Waals surface area contributed by atoms with Gasteiger partial charge in [-0.05, 0) is 50.9 Å². The van der Waals surface area contributed by atoms with Crippen LogP contribution in [0.4, 0.5) is 0 Å². The van der Waals surface area contributed by atoms with Gasteiger partial charge in [0.15, 0.2) is 5.82 Å². The third kappa shape index (κ3) is 4.16. The molecule has 3 aliphatic rings. The summed E-state index contributed by atoms with van der Waals surface area (Å²) in [4.78, 5) is 10.00. The molecular formula is C18H31N5O. The van der Waals surface area contributed by atoms with Gasteiger partial charge in [-0.3, -0.25) is 10.00 Å². The van der Waals surface area contributed by atoms with Gasteiger partial charge in [0.05, 0.1) is 6.04 Å². The number of nitrogens with one attached hydrogen (secondary N) is 1. The highest BCUT2D eigenvalue weighted by Crippen LogP contribution is 2.32. The molecule has 4 rings (SSSR count). The van der Waals surface area contributed by atoms with Crippen molar-refractivity contribution < 1.29 is 4.74 Å². The van der Waals surface area contributed by atoms with Crippen LogP contribution in [0.15, 0.2) is 0 Å². The zero-order valence-corrected chi connectivity index (χ0v) is 14.9. The molecule has 6 heteroatoms. The van der Waals surface area contributed by atoms with Gasteiger partial charge in [-0.15, -0.1) is 0 Å². The first-order chi connectivity index (χ1) is 11.8. The summed E-state index contributed by atoms with van der Waals surface area (Å²) in [5.41, 5.74) is 0. The summed E-state index contributed by atoms with van der Waals surface area (Å²) >= 11 is 0. The third-order valence-corrected chi connectivity index (χ3v) is 5.82. The van der Waals surface area contributed by atoms with E-state index in [9.17, 15) is 0 Å². The van der Waals surface area contributed by atoms with E-state index in [1.807, 2.05) is 6.92 Å². The fourth-order valence-corrected chi connectivity index (χ4v) is 4.15. The number of aromatic amines is 1. The van der Waals surface area contributed by atoms with Gasteiger partial charge >= 0.3 is 0 Å². The molecule has 0 radical (unpaired) electrons. The van der Waals surface area contributed by atoms with Crippen LogP contribution in [0.25, 0.3) is 0 Å². The van der Waals surface area contributed by atoms with E-state index in [0.29, 0.717) is 6.04 Å². The highest BCUT2D eigenvalue weighted by molar-refractivity contribution is 4.99. The summed E-state index contributed by atoms with van der Waals surface area (Å²) in [7, 11) is 0. The Hall–Kier alpha value is -0.980. The van der Waals surface area contributed by atoms with E-state index < -0.39 is 0 Å². The highest BCUT2D eigenvalue weighted by Gasteiger charge is 2.32.